The molecule has 0 spiro atoms. The zero-order valence-corrected chi connectivity index (χ0v) is 10.7. The number of aromatic nitrogens is 1. The number of nitrogens with zero attached hydrogens (tertiary/aromatic N) is 1. The number of rotatable bonds is 3. The molecule has 0 saturated carbocycles. The smallest absolute Gasteiger partial charge is 0.251 e. The SMILES string of the molecule is Cc1cc(C(=O)NC(C)C(C)C)cc(C)n1. The molecular formula is C13H20N2O. The highest BCUT2D eigenvalue weighted by Crippen LogP contribution is 2.07. The van der Waals surface area contributed by atoms with Crippen LogP contribution >= 0.6 is 0 Å². The summed E-state index contributed by atoms with van der Waals surface area (Å²) in [6, 6.07) is 3.81. The monoisotopic (exact) mass is 220 g/mol. The molecule has 0 aliphatic rings. The molecule has 0 bridgehead atoms. The summed E-state index contributed by atoms with van der Waals surface area (Å²) in [5.74, 6) is 0.419. The van der Waals surface area contributed by atoms with Gasteiger partial charge in [-0.05, 0) is 38.8 Å². The molecule has 0 fully saturated rings. The number of hydrogen-bond donors (Lipinski definition) is 1. The molecule has 0 aromatic carbocycles. The molecule has 1 aromatic heterocycles. The fourth-order valence-corrected chi connectivity index (χ4v) is 1.42. The highest BCUT2D eigenvalue weighted by molar-refractivity contribution is 5.94. The lowest BCUT2D eigenvalue weighted by atomic mass is 10.1. The van der Waals surface area contributed by atoms with Crippen LogP contribution in [0, 0.1) is 19.8 Å². The van der Waals surface area contributed by atoms with Crippen LogP contribution in [0.3, 0.4) is 0 Å². The van der Waals surface area contributed by atoms with Gasteiger partial charge in [-0.25, -0.2) is 0 Å². The number of carbonyl (C=O) groups excluding carboxylic acids is 1. The molecule has 0 aliphatic carbocycles. The fourth-order valence-electron chi connectivity index (χ4n) is 1.42. The topological polar surface area (TPSA) is 42.0 Å². The van der Waals surface area contributed by atoms with Crippen molar-refractivity contribution in [3.63, 3.8) is 0 Å². The molecule has 0 aliphatic heterocycles. The van der Waals surface area contributed by atoms with E-state index in [1.165, 1.54) is 0 Å². The maximum Gasteiger partial charge on any atom is 0.251 e. The Bertz CT molecular complexity index is 365. The Morgan fingerprint density at radius 3 is 2.12 bits per heavy atom. The molecule has 1 amide bonds. The van der Waals surface area contributed by atoms with Gasteiger partial charge in [0.25, 0.3) is 5.91 Å². The maximum absolute atomic E-state index is 11.9. The minimum absolute atomic E-state index is 0.0187. The standard InChI is InChI=1S/C13H20N2O/c1-8(2)11(5)15-13(16)12-6-9(3)14-10(4)7-12/h6-8,11H,1-5H3,(H,15,16). The van der Waals surface area contributed by atoms with Gasteiger partial charge in [0.1, 0.15) is 0 Å². The first-order valence-electron chi connectivity index (χ1n) is 5.66. The Morgan fingerprint density at radius 2 is 1.69 bits per heavy atom. The summed E-state index contributed by atoms with van der Waals surface area (Å²) in [6.45, 7) is 10.00. The summed E-state index contributed by atoms with van der Waals surface area (Å²) in [5.41, 5.74) is 2.45. The van der Waals surface area contributed by atoms with E-state index in [1.54, 1.807) is 0 Å². The lowest BCUT2D eigenvalue weighted by Gasteiger charge is -2.17. The van der Waals surface area contributed by atoms with E-state index in [0.717, 1.165) is 11.4 Å². The van der Waals surface area contributed by atoms with Crippen LogP contribution in [-0.2, 0) is 0 Å². The van der Waals surface area contributed by atoms with Crippen molar-refractivity contribution in [1.29, 1.82) is 0 Å². The van der Waals surface area contributed by atoms with Crippen LogP contribution in [0.5, 0.6) is 0 Å². The molecule has 1 heterocycles. The largest absolute Gasteiger partial charge is 0.349 e. The molecular weight excluding hydrogens is 200 g/mol. The van der Waals surface area contributed by atoms with Gasteiger partial charge < -0.3 is 5.32 Å². The van der Waals surface area contributed by atoms with Crippen molar-refractivity contribution in [2.45, 2.75) is 40.7 Å². The van der Waals surface area contributed by atoms with Crippen molar-refractivity contribution < 1.29 is 4.79 Å². The Morgan fingerprint density at radius 1 is 1.19 bits per heavy atom. The van der Waals surface area contributed by atoms with Crippen molar-refractivity contribution in [2.24, 2.45) is 5.92 Å². The second kappa shape index (κ2) is 5.10. The van der Waals surface area contributed by atoms with E-state index in [2.05, 4.69) is 24.1 Å². The van der Waals surface area contributed by atoms with Crippen LogP contribution in [0.4, 0.5) is 0 Å². The molecule has 1 unspecified atom stereocenters. The van der Waals surface area contributed by atoms with E-state index in [-0.39, 0.29) is 11.9 Å². The van der Waals surface area contributed by atoms with Crippen molar-refractivity contribution in [3.05, 3.63) is 29.1 Å². The minimum Gasteiger partial charge on any atom is -0.349 e. The minimum atomic E-state index is -0.0187. The number of amides is 1. The summed E-state index contributed by atoms with van der Waals surface area (Å²) in [7, 11) is 0. The maximum atomic E-state index is 11.9. The van der Waals surface area contributed by atoms with E-state index >= 15 is 0 Å². The summed E-state index contributed by atoms with van der Waals surface area (Å²) in [4.78, 5) is 16.2. The van der Waals surface area contributed by atoms with E-state index in [4.69, 9.17) is 0 Å². The molecule has 3 heteroatoms. The van der Waals surface area contributed by atoms with Gasteiger partial charge in [0.15, 0.2) is 0 Å². The van der Waals surface area contributed by atoms with Gasteiger partial charge in [0.05, 0.1) is 0 Å². The van der Waals surface area contributed by atoms with E-state index in [0.29, 0.717) is 11.5 Å². The summed E-state index contributed by atoms with van der Waals surface area (Å²) in [5, 5.41) is 2.98. The van der Waals surface area contributed by atoms with E-state index in [1.807, 2.05) is 32.9 Å². The molecule has 0 radical (unpaired) electrons. The third-order valence-corrected chi connectivity index (χ3v) is 2.70. The molecule has 16 heavy (non-hydrogen) atoms. The molecule has 3 nitrogen and oxygen atoms in total. The van der Waals surface area contributed by atoms with Gasteiger partial charge in [-0.3, -0.25) is 9.78 Å². The predicted molar refractivity (Wildman–Crippen MR) is 65.5 cm³/mol. The quantitative estimate of drug-likeness (QED) is 0.850. The lowest BCUT2D eigenvalue weighted by molar-refractivity contribution is 0.0930. The molecule has 1 N–H and O–H groups in total. The van der Waals surface area contributed by atoms with Gasteiger partial charge in [0.2, 0.25) is 0 Å². The van der Waals surface area contributed by atoms with Gasteiger partial charge in [-0.1, -0.05) is 13.8 Å². The van der Waals surface area contributed by atoms with Crippen LogP contribution in [-0.4, -0.2) is 16.9 Å². The van der Waals surface area contributed by atoms with Gasteiger partial charge in [0, 0.05) is 23.0 Å². The number of hydrogen-bond acceptors (Lipinski definition) is 2. The first-order chi connectivity index (χ1) is 7.40. The highest BCUT2D eigenvalue weighted by atomic mass is 16.1. The second-order valence-corrected chi connectivity index (χ2v) is 4.64. The Balaban J connectivity index is 2.80. The number of pyridine rings is 1. The van der Waals surface area contributed by atoms with Crippen molar-refractivity contribution >= 4 is 5.91 Å². The van der Waals surface area contributed by atoms with E-state index in [9.17, 15) is 4.79 Å². The summed E-state index contributed by atoms with van der Waals surface area (Å²) >= 11 is 0. The average Bonchev–Trinajstić information content (AvgIpc) is 2.15. The van der Waals surface area contributed by atoms with Crippen LogP contribution < -0.4 is 5.32 Å². The molecule has 1 aromatic rings. The summed E-state index contributed by atoms with van der Waals surface area (Å²) in [6.07, 6.45) is 0. The van der Waals surface area contributed by atoms with Gasteiger partial charge >= 0.3 is 0 Å². The normalized spacial score (nSPS) is 12.6. The van der Waals surface area contributed by atoms with Crippen LogP contribution in [0.1, 0.15) is 42.5 Å². The Hall–Kier alpha value is -1.38. The second-order valence-electron chi connectivity index (χ2n) is 4.64. The fraction of sp³-hybridized carbons (Fsp3) is 0.538. The molecule has 1 atom stereocenters. The molecule has 0 saturated heterocycles. The van der Waals surface area contributed by atoms with Crippen molar-refractivity contribution in [1.82, 2.24) is 10.3 Å². The number of carbonyl (C=O) groups is 1. The average molecular weight is 220 g/mol. The van der Waals surface area contributed by atoms with E-state index < -0.39 is 0 Å². The zero-order valence-electron chi connectivity index (χ0n) is 10.7. The molecule has 88 valence electrons. The molecule has 1 rings (SSSR count). The third-order valence-electron chi connectivity index (χ3n) is 2.70. The zero-order chi connectivity index (χ0) is 12.3. The van der Waals surface area contributed by atoms with Crippen LogP contribution in [0.2, 0.25) is 0 Å². The van der Waals surface area contributed by atoms with Crippen LogP contribution in [0.15, 0.2) is 12.1 Å². The number of nitrogens with one attached hydrogen (secondary N) is 1. The summed E-state index contributed by atoms with van der Waals surface area (Å²) < 4.78 is 0. The Labute approximate surface area is 97.3 Å². The number of aryl methyl sites for hydroxylation is 2. The Kier molecular flexibility index (Phi) is 4.05. The van der Waals surface area contributed by atoms with Crippen LogP contribution in [0.25, 0.3) is 0 Å². The lowest BCUT2D eigenvalue weighted by Crippen LogP contribution is -2.36. The van der Waals surface area contributed by atoms with Crippen molar-refractivity contribution in [3.8, 4) is 0 Å². The first-order valence-corrected chi connectivity index (χ1v) is 5.66. The third kappa shape index (κ3) is 3.33. The predicted octanol–water partition coefficient (Wildman–Crippen LogP) is 2.47. The van der Waals surface area contributed by atoms with Crippen molar-refractivity contribution in [2.75, 3.05) is 0 Å². The highest BCUT2D eigenvalue weighted by Gasteiger charge is 2.13. The first kappa shape index (κ1) is 12.7. The van der Waals surface area contributed by atoms with Gasteiger partial charge in [-0.15, -0.1) is 0 Å². The van der Waals surface area contributed by atoms with Gasteiger partial charge in [-0.2, -0.15) is 0 Å².